The van der Waals surface area contributed by atoms with E-state index in [2.05, 4.69) is 10.3 Å². The molecule has 1 atom stereocenters. The second-order valence-corrected chi connectivity index (χ2v) is 8.66. The number of fused-ring (bicyclic) bond motifs is 3. The molecule has 1 N–H and O–H groups in total. The zero-order valence-corrected chi connectivity index (χ0v) is 18.6. The molecule has 2 aliphatic rings. The summed E-state index contributed by atoms with van der Waals surface area (Å²) in [6.45, 7) is 0. The van der Waals surface area contributed by atoms with Crippen molar-refractivity contribution >= 4 is 46.0 Å². The van der Waals surface area contributed by atoms with Crippen molar-refractivity contribution in [3.8, 4) is 0 Å². The molecular formula is C25H18F2N4O2S. The molecule has 0 fully saturated rings. The topological polar surface area (TPSA) is 74.1 Å². The van der Waals surface area contributed by atoms with Gasteiger partial charge >= 0.3 is 0 Å². The summed E-state index contributed by atoms with van der Waals surface area (Å²) in [6.07, 6.45) is 0.432. The number of benzene rings is 3. The van der Waals surface area contributed by atoms with Crippen molar-refractivity contribution in [2.45, 2.75) is 12.5 Å². The molecule has 3 aromatic rings. The zero-order chi connectivity index (χ0) is 23.7. The van der Waals surface area contributed by atoms with Gasteiger partial charge in [0, 0.05) is 18.1 Å². The van der Waals surface area contributed by atoms with E-state index < -0.39 is 23.6 Å². The average Bonchev–Trinajstić information content (AvgIpc) is 3.16. The molecule has 2 amide bonds. The fourth-order valence-corrected chi connectivity index (χ4v) is 4.69. The fraction of sp³-hybridized carbons (Fsp3) is 0.120. The maximum Gasteiger partial charge on any atom is 0.271 e. The minimum Gasteiger partial charge on any atom is -0.323 e. The maximum absolute atomic E-state index is 13.9. The molecule has 2 heterocycles. The van der Waals surface area contributed by atoms with Gasteiger partial charge in [-0.25, -0.2) is 13.8 Å². The summed E-state index contributed by atoms with van der Waals surface area (Å²) < 4.78 is 27.0. The first-order valence-corrected chi connectivity index (χ1v) is 11.5. The number of carbonyl (C=O) groups is 2. The predicted octanol–water partition coefficient (Wildman–Crippen LogP) is 4.54. The molecule has 9 heteroatoms. The number of nitrogens with zero attached hydrogens (tertiary/aromatic N) is 3. The van der Waals surface area contributed by atoms with Crippen LogP contribution in [-0.4, -0.2) is 39.5 Å². The first-order valence-electron chi connectivity index (χ1n) is 10.5. The highest BCUT2D eigenvalue weighted by Crippen LogP contribution is 2.35. The van der Waals surface area contributed by atoms with Crippen LogP contribution in [0.25, 0.3) is 0 Å². The number of para-hydroxylation sites is 1. The molecule has 0 spiro atoms. The highest BCUT2D eigenvalue weighted by molar-refractivity contribution is 8.14. The third-order valence-electron chi connectivity index (χ3n) is 5.42. The molecule has 3 aromatic carbocycles. The van der Waals surface area contributed by atoms with Crippen LogP contribution in [0.3, 0.4) is 0 Å². The van der Waals surface area contributed by atoms with Crippen LogP contribution in [0.4, 0.5) is 20.2 Å². The van der Waals surface area contributed by atoms with Crippen LogP contribution in [0.5, 0.6) is 0 Å². The minimum absolute atomic E-state index is 0.0894. The monoisotopic (exact) mass is 476 g/mol. The van der Waals surface area contributed by atoms with Gasteiger partial charge in [0.15, 0.2) is 5.17 Å². The molecule has 0 aromatic heterocycles. The van der Waals surface area contributed by atoms with Crippen LogP contribution in [-0.2, 0) is 16.0 Å². The lowest BCUT2D eigenvalue weighted by Gasteiger charge is -2.31. The Bertz CT molecular complexity index is 1340. The molecule has 170 valence electrons. The van der Waals surface area contributed by atoms with E-state index in [1.807, 2.05) is 54.6 Å². The van der Waals surface area contributed by atoms with Gasteiger partial charge in [-0.3, -0.25) is 14.5 Å². The summed E-state index contributed by atoms with van der Waals surface area (Å²) in [5.74, 6) is -1.93. The number of anilines is 1. The van der Waals surface area contributed by atoms with Crippen molar-refractivity contribution in [1.82, 2.24) is 4.90 Å². The second-order valence-electron chi connectivity index (χ2n) is 7.72. The average molecular weight is 477 g/mol. The van der Waals surface area contributed by atoms with Crippen molar-refractivity contribution in [2.75, 3.05) is 11.1 Å². The third kappa shape index (κ3) is 4.34. The first kappa shape index (κ1) is 22.0. The highest BCUT2D eigenvalue weighted by Gasteiger charge is 2.41. The number of aliphatic imine (C=N–C) groups is 2. The molecule has 5 rings (SSSR count). The maximum atomic E-state index is 13.9. The molecule has 0 radical (unpaired) electrons. The van der Waals surface area contributed by atoms with E-state index in [9.17, 15) is 18.4 Å². The first-order chi connectivity index (χ1) is 16.5. The lowest BCUT2D eigenvalue weighted by atomic mass is 10.0. The Morgan fingerprint density at radius 3 is 2.56 bits per heavy atom. The number of carbonyl (C=O) groups excluding carboxylic acids is 2. The summed E-state index contributed by atoms with van der Waals surface area (Å²) in [6, 6.07) is 19.3. The largest absolute Gasteiger partial charge is 0.323 e. The van der Waals surface area contributed by atoms with Gasteiger partial charge in [0.1, 0.15) is 23.5 Å². The van der Waals surface area contributed by atoms with Gasteiger partial charge in [0.05, 0.1) is 17.1 Å². The molecule has 1 unspecified atom stereocenters. The van der Waals surface area contributed by atoms with E-state index in [-0.39, 0.29) is 17.3 Å². The van der Waals surface area contributed by atoms with E-state index in [1.54, 1.807) is 4.90 Å². The van der Waals surface area contributed by atoms with Gasteiger partial charge in [-0.05, 0) is 29.8 Å². The standard InChI is InChI=1S/C25H18F2N4O2S/c26-16-10-11-20(18(27)13-16)28-22(32)14-34-25-29-19-9-5-4-8-17(19)23-30-24(33)21(31(23)25)12-15-6-2-1-3-7-15/h1-11,13,21H,12,14H2,(H,28,32). The summed E-state index contributed by atoms with van der Waals surface area (Å²) in [4.78, 5) is 36.2. The van der Waals surface area contributed by atoms with Crippen molar-refractivity contribution in [3.05, 3.63) is 95.6 Å². The Labute approximate surface area is 198 Å². The van der Waals surface area contributed by atoms with Crippen molar-refractivity contribution in [1.29, 1.82) is 0 Å². The quantitative estimate of drug-likeness (QED) is 0.587. The van der Waals surface area contributed by atoms with Crippen molar-refractivity contribution < 1.29 is 18.4 Å². The van der Waals surface area contributed by atoms with Crippen LogP contribution >= 0.6 is 11.8 Å². The molecular weight excluding hydrogens is 458 g/mol. The summed E-state index contributed by atoms with van der Waals surface area (Å²) in [5.41, 5.74) is 2.26. The van der Waals surface area contributed by atoms with Crippen LogP contribution in [0.2, 0.25) is 0 Å². The number of nitrogens with one attached hydrogen (secondary N) is 1. The Balaban J connectivity index is 1.39. The van der Waals surface area contributed by atoms with Gasteiger partial charge < -0.3 is 5.32 Å². The van der Waals surface area contributed by atoms with Crippen LogP contribution in [0, 0.1) is 11.6 Å². The van der Waals surface area contributed by atoms with Crippen LogP contribution in [0.1, 0.15) is 11.1 Å². The number of thioether (sulfide) groups is 1. The van der Waals surface area contributed by atoms with Gasteiger partial charge in [0.2, 0.25) is 5.91 Å². The van der Waals surface area contributed by atoms with Crippen LogP contribution < -0.4 is 5.32 Å². The molecule has 2 aliphatic heterocycles. The van der Waals surface area contributed by atoms with E-state index in [0.29, 0.717) is 29.2 Å². The van der Waals surface area contributed by atoms with E-state index >= 15 is 0 Å². The number of amidine groups is 2. The van der Waals surface area contributed by atoms with Gasteiger partial charge in [-0.2, -0.15) is 4.99 Å². The Morgan fingerprint density at radius 2 is 1.76 bits per heavy atom. The number of hydrogen-bond acceptors (Lipinski definition) is 5. The number of halogens is 2. The smallest absolute Gasteiger partial charge is 0.271 e. The third-order valence-corrected chi connectivity index (χ3v) is 6.37. The highest BCUT2D eigenvalue weighted by atomic mass is 32.2. The summed E-state index contributed by atoms with van der Waals surface area (Å²) in [7, 11) is 0. The van der Waals surface area contributed by atoms with E-state index in [4.69, 9.17) is 4.99 Å². The Kier molecular flexibility index (Phi) is 5.93. The number of hydrogen-bond donors (Lipinski definition) is 1. The van der Waals surface area contributed by atoms with Crippen molar-refractivity contribution in [3.63, 3.8) is 0 Å². The lowest BCUT2D eigenvalue weighted by molar-refractivity contribution is -0.119. The van der Waals surface area contributed by atoms with Gasteiger partial charge in [0.25, 0.3) is 5.91 Å². The minimum atomic E-state index is -0.857. The molecule has 0 saturated carbocycles. The molecule has 0 bridgehead atoms. The molecule has 0 aliphatic carbocycles. The SMILES string of the molecule is O=C(CSC1=Nc2ccccc2C2=NC(=O)C(Cc3ccccc3)N12)Nc1ccc(F)cc1F. The zero-order valence-electron chi connectivity index (χ0n) is 17.7. The summed E-state index contributed by atoms with van der Waals surface area (Å²) in [5, 5.41) is 2.90. The number of amides is 2. The molecule has 0 saturated heterocycles. The Morgan fingerprint density at radius 1 is 1.00 bits per heavy atom. The lowest BCUT2D eigenvalue weighted by Crippen LogP contribution is -2.45. The predicted molar refractivity (Wildman–Crippen MR) is 128 cm³/mol. The molecule has 6 nitrogen and oxygen atoms in total. The van der Waals surface area contributed by atoms with E-state index in [0.717, 1.165) is 29.0 Å². The van der Waals surface area contributed by atoms with Crippen LogP contribution in [0.15, 0.2) is 82.8 Å². The number of rotatable bonds is 5. The normalized spacial score (nSPS) is 16.5. The second kappa shape index (κ2) is 9.18. The summed E-state index contributed by atoms with van der Waals surface area (Å²) >= 11 is 1.12. The van der Waals surface area contributed by atoms with Gasteiger partial charge in [-0.15, -0.1) is 0 Å². The van der Waals surface area contributed by atoms with Gasteiger partial charge in [-0.1, -0.05) is 54.2 Å². The Hall–Kier alpha value is -3.85. The molecule has 34 heavy (non-hydrogen) atoms. The fourth-order valence-electron chi connectivity index (χ4n) is 3.85. The van der Waals surface area contributed by atoms with Crippen molar-refractivity contribution in [2.24, 2.45) is 9.98 Å². The van der Waals surface area contributed by atoms with E-state index in [1.165, 1.54) is 6.07 Å².